The van der Waals surface area contributed by atoms with Gasteiger partial charge in [0.1, 0.15) is 6.33 Å². The summed E-state index contributed by atoms with van der Waals surface area (Å²) in [5.74, 6) is 0.703. The Bertz CT molecular complexity index is 683. The first-order chi connectivity index (χ1) is 10.8. The highest BCUT2D eigenvalue weighted by Gasteiger charge is 2.22. The molecule has 124 valence electrons. The van der Waals surface area contributed by atoms with Gasteiger partial charge in [0.15, 0.2) is 5.82 Å². The van der Waals surface area contributed by atoms with E-state index in [4.69, 9.17) is 11.6 Å². The van der Waals surface area contributed by atoms with Crippen LogP contribution in [0.3, 0.4) is 0 Å². The summed E-state index contributed by atoms with van der Waals surface area (Å²) in [4.78, 5) is 12.1. The first-order valence-electron chi connectivity index (χ1n) is 7.44. The van der Waals surface area contributed by atoms with Crippen LogP contribution in [0.4, 0.5) is 4.79 Å². The van der Waals surface area contributed by atoms with E-state index in [1.807, 2.05) is 38.2 Å². The zero-order valence-corrected chi connectivity index (χ0v) is 14.6. The lowest BCUT2D eigenvalue weighted by Gasteiger charge is -2.26. The standard InChI is InChI=1S/C16H22ClN5O/c1-11(14-21-19-10-22(14)4)20-15(23)18-9-16(2,3)12-6-5-7-13(17)8-12/h5-8,10-11H,9H2,1-4H3,(H2,18,20,23). The SMILES string of the molecule is CC(NC(=O)NCC(C)(C)c1cccc(Cl)c1)c1nncn1C. The van der Waals surface area contributed by atoms with Gasteiger partial charge in [-0.1, -0.05) is 37.6 Å². The Morgan fingerprint density at radius 3 is 2.78 bits per heavy atom. The molecule has 1 aromatic carbocycles. The van der Waals surface area contributed by atoms with Gasteiger partial charge in [0.25, 0.3) is 0 Å². The van der Waals surface area contributed by atoms with E-state index in [0.717, 1.165) is 5.56 Å². The summed E-state index contributed by atoms with van der Waals surface area (Å²) in [6.07, 6.45) is 1.60. The monoisotopic (exact) mass is 335 g/mol. The highest BCUT2D eigenvalue weighted by atomic mass is 35.5. The van der Waals surface area contributed by atoms with Gasteiger partial charge in [-0.3, -0.25) is 0 Å². The lowest BCUT2D eigenvalue weighted by molar-refractivity contribution is 0.234. The van der Waals surface area contributed by atoms with E-state index in [-0.39, 0.29) is 17.5 Å². The van der Waals surface area contributed by atoms with Crippen LogP contribution in [0.25, 0.3) is 0 Å². The van der Waals surface area contributed by atoms with Crippen molar-refractivity contribution in [3.8, 4) is 0 Å². The van der Waals surface area contributed by atoms with E-state index in [9.17, 15) is 4.79 Å². The molecule has 1 aromatic heterocycles. The van der Waals surface area contributed by atoms with Crippen LogP contribution >= 0.6 is 11.6 Å². The largest absolute Gasteiger partial charge is 0.337 e. The van der Waals surface area contributed by atoms with Crippen LogP contribution in [0.1, 0.15) is 38.2 Å². The lowest BCUT2D eigenvalue weighted by Crippen LogP contribution is -2.43. The van der Waals surface area contributed by atoms with Gasteiger partial charge in [-0.15, -0.1) is 10.2 Å². The summed E-state index contributed by atoms with van der Waals surface area (Å²) in [5.41, 5.74) is 0.850. The van der Waals surface area contributed by atoms with Gasteiger partial charge in [0.2, 0.25) is 0 Å². The zero-order valence-electron chi connectivity index (χ0n) is 13.8. The fourth-order valence-electron chi connectivity index (χ4n) is 2.31. The van der Waals surface area contributed by atoms with Gasteiger partial charge in [0.05, 0.1) is 6.04 Å². The number of carbonyl (C=O) groups excluding carboxylic acids is 1. The molecule has 0 saturated carbocycles. The van der Waals surface area contributed by atoms with Crippen LogP contribution in [0.15, 0.2) is 30.6 Å². The molecule has 0 radical (unpaired) electrons. The number of benzene rings is 1. The Morgan fingerprint density at radius 2 is 2.17 bits per heavy atom. The summed E-state index contributed by atoms with van der Waals surface area (Å²) in [6, 6.07) is 7.21. The van der Waals surface area contributed by atoms with Crippen LogP contribution in [-0.4, -0.2) is 27.3 Å². The number of carbonyl (C=O) groups is 1. The highest BCUT2D eigenvalue weighted by molar-refractivity contribution is 6.30. The minimum atomic E-state index is -0.240. The summed E-state index contributed by atoms with van der Waals surface area (Å²) in [6.45, 7) is 6.48. The van der Waals surface area contributed by atoms with Crippen LogP contribution in [-0.2, 0) is 12.5 Å². The van der Waals surface area contributed by atoms with Crippen molar-refractivity contribution < 1.29 is 4.79 Å². The summed E-state index contributed by atoms with van der Waals surface area (Å²) in [7, 11) is 1.84. The number of amides is 2. The predicted octanol–water partition coefficient (Wildman–Crippen LogP) is 2.81. The van der Waals surface area contributed by atoms with Gasteiger partial charge < -0.3 is 15.2 Å². The Morgan fingerprint density at radius 1 is 1.43 bits per heavy atom. The number of hydrogen-bond acceptors (Lipinski definition) is 3. The Kier molecular flexibility index (Phi) is 5.26. The first kappa shape index (κ1) is 17.3. The van der Waals surface area contributed by atoms with Crippen molar-refractivity contribution in [3.63, 3.8) is 0 Å². The Balaban J connectivity index is 1.92. The van der Waals surface area contributed by atoms with Gasteiger partial charge in [0, 0.05) is 24.0 Å². The molecule has 2 N–H and O–H groups in total. The molecule has 2 aromatic rings. The second-order valence-electron chi connectivity index (χ2n) is 6.24. The van der Waals surface area contributed by atoms with Crippen molar-refractivity contribution in [2.45, 2.75) is 32.2 Å². The molecule has 1 unspecified atom stereocenters. The van der Waals surface area contributed by atoms with Crippen LogP contribution in [0, 0.1) is 0 Å². The van der Waals surface area contributed by atoms with E-state index in [1.54, 1.807) is 10.9 Å². The number of urea groups is 1. The summed E-state index contributed by atoms with van der Waals surface area (Å²) in [5, 5.41) is 14.3. The van der Waals surface area contributed by atoms with Gasteiger partial charge in [-0.25, -0.2) is 4.79 Å². The van der Waals surface area contributed by atoms with E-state index in [2.05, 4.69) is 34.7 Å². The molecule has 1 heterocycles. The topological polar surface area (TPSA) is 71.8 Å². The van der Waals surface area contributed by atoms with Gasteiger partial charge in [-0.05, 0) is 24.6 Å². The Labute approximate surface area is 141 Å². The first-order valence-corrected chi connectivity index (χ1v) is 7.82. The molecule has 0 fully saturated rings. The number of hydrogen-bond donors (Lipinski definition) is 2. The maximum Gasteiger partial charge on any atom is 0.315 e. The van der Waals surface area contributed by atoms with Gasteiger partial charge in [-0.2, -0.15) is 0 Å². The number of halogens is 1. The van der Waals surface area contributed by atoms with Gasteiger partial charge >= 0.3 is 6.03 Å². The van der Waals surface area contributed by atoms with Crippen molar-refractivity contribution in [2.24, 2.45) is 7.05 Å². The molecular formula is C16H22ClN5O. The fraction of sp³-hybridized carbons (Fsp3) is 0.438. The molecule has 6 nitrogen and oxygen atoms in total. The third kappa shape index (κ3) is 4.45. The maximum absolute atomic E-state index is 12.1. The molecule has 2 amide bonds. The van der Waals surface area contributed by atoms with E-state index >= 15 is 0 Å². The van der Waals surface area contributed by atoms with Crippen LogP contribution in [0.2, 0.25) is 5.02 Å². The third-order valence-electron chi connectivity index (χ3n) is 3.78. The zero-order chi connectivity index (χ0) is 17.0. The highest BCUT2D eigenvalue weighted by Crippen LogP contribution is 2.24. The molecular weight excluding hydrogens is 314 g/mol. The quantitative estimate of drug-likeness (QED) is 0.882. The fourth-order valence-corrected chi connectivity index (χ4v) is 2.50. The average Bonchev–Trinajstić information content (AvgIpc) is 2.91. The minimum Gasteiger partial charge on any atom is -0.337 e. The predicted molar refractivity (Wildman–Crippen MR) is 90.4 cm³/mol. The van der Waals surface area contributed by atoms with E-state index in [0.29, 0.717) is 17.4 Å². The smallest absolute Gasteiger partial charge is 0.315 e. The van der Waals surface area contributed by atoms with Crippen molar-refractivity contribution in [1.29, 1.82) is 0 Å². The van der Waals surface area contributed by atoms with Crippen LogP contribution < -0.4 is 10.6 Å². The normalized spacial score (nSPS) is 12.7. The van der Waals surface area contributed by atoms with Crippen molar-refractivity contribution in [2.75, 3.05) is 6.54 Å². The Hall–Kier alpha value is -2.08. The van der Waals surface area contributed by atoms with Crippen molar-refractivity contribution in [3.05, 3.63) is 47.0 Å². The van der Waals surface area contributed by atoms with E-state index < -0.39 is 0 Å². The van der Waals surface area contributed by atoms with Crippen LogP contribution in [0.5, 0.6) is 0 Å². The third-order valence-corrected chi connectivity index (χ3v) is 4.01. The molecule has 0 aliphatic rings. The molecule has 0 spiro atoms. The second-order valence-corrected chi connectivity index (χ2v) is 6.68. The van der Waals surface area contributed by atoms with E-state index in [1.165, 1.54) is 0 Å². The molecule has 0 aliphatic heterocycles. The molecule has 23 heavy (non-hydrogen) atoms. The minimum absolute atomic E-state index is 0.225. The molecule has 7 heteroatoms. The lowest BCUT2D eigenvalue weighted by atomic mass is 9.85. The summed E-state index contributed by atoms with van der Waals surface area (Å²) < 4.78 is 1.78. The number of nitrogens with one attached hydrogen (secondary N) is 2. The molecule has 0 bridgehead atoms. The number of aryl methyl sites for hydroxylation is 1. The summed E-state index contributed by atoms with van der Waals surface area (Å²) >= 11 is 6.04. The maximum atomic E-state index is 12.1. The molecule has 1 atom stereocenters. The number of nitrogens with zero attached hydrogens (tertiary/aromatic N) is 3. The average molecular weight is 336 g/mol. The molecule has 0 aliphatic carbocycles. The second kappa shape index (κ2) is 7.00. The number of aromatic nitrogens is 3. The number of rotatable bonds is 5. The molecule has 0 saturated heterocycles. The van der Waals surface area contributed by atoms with Crippen molar-refractivity contribution in [1.82, 2.24) is 25.4 Å². The van der Waals surface area contributed by atoms with Crippen molar-refractivity contribution >= 4 is 17.6 Å². The molecule has 2 rings (SSSR count).